The molecule has 4 nitrogen and oxygen atoms in total. The van der Waals surface area contributed by atoms with E-state index < -0.39 is 5.41 Å². The van der Waals surface area contributed by atoms with E-state index in [-0.39, 0.29) is 24.2 Å². The summed E-state index contributed by atoms with van der Waals surface area (Å²) in [6.45, 7) is 3.70. The number of carbonyl (C=O) groups is 1. The van der Waals surface area contributed by atoms with Crippen LogP contribution in [-0.4, -0.2) is 25.4 Å². The molecule has 0 saturated carbocycles. The predicted molar refractivity (Wildman–Crippen MR) is 52.7 cm³/mol. The number of nitrogens with one attached hydrogen (secondary N) is 1. The number of amides is 1. The molecule has 0 aromatic rings. The van der Waals surface area contributed by atoms with Gasteiger partial charge in [-0.1, -0.05) is 19.0 Å². The number of hydrogen-bond acceptors (Lipinski definition) is 3. The molecule has 0 saturated heterocycles. The van der Waals surface area contributed by atoms with E-state index in [1.807, 2.05) is 0 Å². The molecule has 0 aliphatic rings. The van der Waals surface area contributed by atoms with Gasteiger partial charge in [-0.05, 0) is 0 Å². The molecule has 0 heterocycles. The summed E-state index contributed by atoms with van der Waals surface area (Å²) in [4.78, 5) is 21.5. The number of hydrogen-bond donors (Lipinski definition) is 1. The third-order valence-electron chi connectivity index (χ3n) is 2.13. The lowest BCUT2D eigenvalue weighted by atomic mass is 9.79. The molecular formula is C8H15ClN2O2. The summed E-state index contributed by atoms with van der Waals surface area (Å²) in [5.41, 5.74) is -0.483. The van der Waals surface area contributed by atoms with E-state index in [2.05, 4.69) is 10.5 Å². The van der Waals surface area contributed by atoms with Crippen LogP contribution >= 0.6 is 11.6 Å². The molecule has 1 unspecified atom stereocenters. The lowest BCUT2D eigenvalue weighted by Gasteiger charge is -2.28. The van der Waals surface area contributed by atoms with E-state index in [1.54, 1.807) is 20.9 Å². The van der Waals surface area contributed by atoms with Gasteiger partial charge in [0.2, 0.25) is 5.91 Å². The van der Waals surface area contributed by atoms with Gasteiger partial charge in [-0.15, -0.1) is 11.6 Å². The van der Waals surface area contributed by atoms with Crippen molar-refractivity contribution in [3.05, 3.63) is 4.91 Å². The van der Waals surface area contributed by atoms with Crippen molar-refractivity contribution in [1.29, 1.82) is 0 Å². The van der Waals surface area contributed by atoms with Crippen LogP contribution in [0.3, 0.4) is 0 Å². The first-order valence-electron chi connectivity index (χ1n) is 4.06. The molecule has 1 amide bonds. The summed E-state index contributed by atoms with van der Waals surface area (Å²) in [6.07, 6.45) is 0. The molecule has 1 N–H and O–H groups in total. The summed E-state index contributed by atoms with van der Waals surface area (Å²) in [7, 11) is 1.55. The molecule has 0 bridgehead atoms. The van der Waals surface area contributed by atoms with Gasteiger partial charge in [0.15, 0.2) is 0 Å². The van der Waals surface area contributed by atoms with Crippen molar-refractivity contribution < 1.29 is 4.79 Å². The average molecular weight is 207 g/mol. The fourth-order valence-electron chi connectivity index (χ4n) is 1.08. The standard InChI is InChI=1S/C8H15ClN2O2/c1-8(2,5-11-13)6(4-9)7(12)10-3/h6H,4-5H2,1-3H3,(H,10,12). The smallest absolute Gasteiger partial charge is 0.224 e. The molecule has 0 radical (unpaired) electrons. The SMILES string of the molecule is CNC(=O)C(CCl)C(C)(C)CN=O. The highest BCUT2D eigenvalue weighted by atomic mass is 35.5. The number of carbonyl (C=O) groups excluding carboxylic acids is 1. The molecule has 0 aromatic heterocycles. The lowest BCUT2D eigenvalue weighted by molar-refractivity contribution is -0.126. The normalized spacial score (nSPS) is 13.5. The third-order valence-corrected chi connectivity index (χ3v) is 2.44. The van der Waals surface area contributed by atoms with E-state index in [1.165, 1.54) is 0 Å². The van der Waals surface area contributed by atoms with E-state index in [0.29, 0.717) is 0 Å². The summed E-state index contributed by atoms with van der Waals surface area (Å²) in [5, 5.41) is 5.32. The summed E-state index contributed by atoms with van der Waals surface area (Å²) >= 11 is 5.66. The van der Waals surface area contributed by atoms with Crippen LogP contribution in [0.15, 0.2) is 5.18 Å². The average Bonchev–Trinajstić information content (AvgIpc) is 2.04. The van der Waals surface area contributed by atoms with Crippen molar-refractivity contribution in [2.24, 2.45) is 16.5 Å². The van der Waals surface area contributed by atoms with Crippen molar-refractivity contribution in [2.45, 2.75) is 13.8 Å². The molecular weight excluding hydrogens is 192 g/mol. The maximum absolute atomic E-state index is 11.3. The molecule has 0 aliphatic heterocycles. The molecule has 0 fully saturated rings. The summed E-state index contributed by atoms with van der Waals surface area (Å²) in [6, 6.07) is 0. The van der Waals surface area contributed by atoms with Gasteiger partial charge in [-0.3, -0.25) is 4.79 Å². The highest BCUT2D eigenvalue weighted by Crippen LogP contribution is 2.28. The number of rotatable bonds is 5. The molecule has 13 heavy (non-hydrogen) atoms. The number of alkyl halides is 1. The van der Waals surface area contributed by atoms with Gasteiger partial charge in [-0.25, -0.2) is 0 Å². The van der Waals surface area contributed by atoms with E-state index in [4.69, 9.17) is 11.6 Å². The predicted octanol–water partition coefficient (Wildman–Crippen LogP) is 1.38. The minimum absolute atomic E-state index is 0.0950. The molecule has 0 aliphatic carbocycles. The highest BCUT2D eigenvalue weighted by Gasteiger charge is 2.34. The molecule has 0 rings (SSSR count). The van der Waals surface area contributed by atoms with Gasteiger partial charge in [0.1, 0.15) is 0 Å². The Kier molecular flexibility index (Phi) is 4.91. The number of nitrogens with zero attached hydrogens (tertiary/aromatic N) is 1. The van der Waals surface area contributed by atoms with Crippen molar-refractivity contribution in [2.75, 3.05) is 19.5 Å². The fraction of sp³-hybridized carbons (Fsp3) is 0.875. The lowest BCUT2D eigenvalue weighted by Crippen LogP contribution is -2.40. The van der Waals surface area contributed by atoms with Gasteiger partial charge in [0.05, 0.1) is 12.5 Å². The molecule has 0 spiro atoms. The second-order valence-corrected chi connectivity index (χ2v) is 3.91. The van der Waals surface area contributed by atoms with Crippen molar-refractivity contribution in [1.82, 2.24) is 5.32 Å². The van der Waals surface area contributed by atoms with Gasteiger partial charge >= 0.3 is 0 Å². The second kappa shape index (κ2) is 5.17. The zero-order valence-electron chi connectivity index (χ0n) is 8.13. The van der Waals surface area contributed by atoms with Crippen LogP contribution in [0, 0.1) is 16.2 Å². The molecule has 0 aromatic carbocycles. The van der Waals surface area contributed by atoms with Crippen LogP contribution in [0.2, 0.25) is 0 Å². The highest BCUT2D eigenvalue weighted by molar-refractivity contribution is 6.19. The van der Waals surface area contributed by atoms with E-state index >= 15 is 0 Å². The van der Waals surface area contributed by atoms with Crippen LogP contribution in [-0.2, 0) is 4.79 Å². The minimum Gasteiger partial charge on any atom is -0.359 e. The largest absolute Gasteiger partial charge is 0.359 e. The first-order valence-corrected chi connectivity index (χ1v) is 4.59. The van der Waals surface area contributed by atoms with Gasteiger partial charge in [0.25, 0.3) is 0 Å². The first kappa shape index (κ1) is 12.4. The Morgan fingerprint density at radius 2 is 2.15 bits per heavy atom. The minimum atomic E-state index is -0.483. The van der Waals surface area contributed by atoms with Gasteiger partial charge in [0, 0.05) is 18.3 Å². The molecule has 76 valence electrons. The molecule has 5 heteroatoms. The van der Waals surface area contributed by atoms with Crippen molar-refractivity contribution in [3.8, 4) is 0 Å². The van der Waals surface area contributed by atoms with Gasteiger partial charge < -0.3 is 5.32 Å². The van der Waals surface area contributed by atoms with E-state index in [9.17, 15) is 9.70 Å². The number of nitroso groups, excluding NO2 is 1. The third kappa shape index (κ3) is 3.30. The number of halogens is 1. The second-order valence-electron chi connectivity index (χ2n) is 3.60. The maximum Gasteiger partial charge on any atom is 0.224 e. The maximum atomic E-state index is 11.3. The quantitative estimate of drug-likeness (QED) is 0.546. The van der Waals surface area contributed by atoms with Crippen LogP contribution < -0.4 is 5.32 Å². The topological polar surface area (TPSA) is 58.5 Å². The summed E-state index contributed by atoms with van der Waals surface area (Å²) in [5.74, 6) is -0.331. The van der Waals surface area contributed by atoms with Crippen molar-refractivity contribution in [3.63, 3.8) is 0 Å². The van der Waals surface area contributed by atoms with Crippen LogP contribution in [0.5, 0.6) is 0 Å². The van der Waals surface area contributed by atoms with E-state index in [0.717, 1.165) is 0 Å². The zero-order valence-corrected chi connectivity index (χ0v) is 8.89. The summed E-state index contributed by atoms with van der Waals surface area (Å²) < 4.78 is 0. The Morgan fingerprint density at radius 1 is 1.62 bits per heavy atom. The monoisotopic (exact) mass is 206 g/mol. The first-order chi connectivity index (χ1) is 5.99. The Morgan fingerprint density at radius 3 is 2.46 bits per heavy atom. The van der Waals surface area contributed by atoms with Gasteiger partial charge in [-0.2, -0.15) is 4.91 Å². The Balaban J connectivity index is 4.54. The molecule has 1 atom stereocenters. The van der Waals surface area contributed by atoms with Crippen molar-refractivity contribution >= 4 is 17.5 Å². The van der Waals surface area contributed by atoms with Crippen LogP contribution in [0.25, 0.3) is 0 Å². The Bertz CT molecular complexity index is 195. The fourth-order valence-corrected chi connectivity index (χ4v) is 1.64. The Labute approximate surface area is 83.0 Å². The Hall–Kier alpha value is -0.640. The van der Waals surface area contributed by atoms with Crippen LogP contribution in [0.1, 0.15) is 13.8 Å². The zero-order chi connectivity index (χ0) is 10.5. The van der Waals surface area contributed by atoms with Crippen LogP contribution in [0.4, 0.5) is 0 Å².